The highest BCUT2D eigenvalue weighted by Gasteiger charge is 2.39. The van der Waals surface area contributed by atoms with Crippen LogP contribution in [0.4, 0.5) is 10.1 Å². The molecular formula is C17H20FN3O3. The molecule has 1 aromatic carbocycles. The van der Waals surface area contributed by atoms with Gasteiger partial charge in [0.25, 0.3) is 0 Å². The Labute approximate surface area is 139 Å². The van der Waals surface area contributed by atoms with Crippen molar-refractivity contribution in [2.24, 2.45) is 5.73 Å². The van der Waals surface area contributed by atoms with Gasteiger partial charge in [-0.25, -0.2) is 4.39 Å². The standard InChI is InChI=1S/C17H20FN3O3/c1-8-12(19)7-21(8)13-6-11(18)15(9-4-5-24-16(9)13)10-2-3-14(22)20-17(10)23/h6,8,10,12H,2-5,7,19H2,1H3,(H,20,22,23)/t8-,10?,12+/m1/s1. The van der Waals surface area contributed by atoms with E-state index in [1.807, 2.05) is 11.8 Å². The van der Waals surface area contributed by atoms with Crippen LogP contribution in [-0.2, 0) is 16.0 Å². The van der Waals surface area contributed by atoms with Crippen molar-refractivity contribution in [3.8, 4) is 5.75 Å². The molecule has 128 valence electrons. The summed E-state index contributed by atoms with van der Waals surface area (Å²) in [7, 11) is 0. The first-order valence-electron chi connectivity index (χ1n) is 8.31. The third-order valence-corrected chi connectivity index (χ3v) is 5.37. The summed E-state index contributed by atoms with van der Waals surface area (Å²) in [5.41, 5.74) is 7.80. The molecule has 0 radical (unpaired) electrons. The maximum absolute atomic E-state index is 14.9. The Morgan fingerprint density at radius 3 is 2.83 bits per heavy atom. The number of anilines is 1. The summed E-state index contributed by atoms with van der Waals surface area (Å²) in [6.07, 6.45) is 1.13. The van der Waals surface area contributed by atoms with Crippen molar-refractivity contribution in [1.82, 2.24) is 5.32 Å². The number of hydrogen-bond acceptors (Lipinski definition) is 5. The van der Waals surface area contributed by atoms with E-state index < -0.39 is 17.6 Å². The van der Waals surface area contributed by atoms with Gasteiger partial charge in [-0.15, -0.1) is 0 Å². The molecule has 3 N–H and O–H groups in total. The smallest absolute Gasteiger partial charge is 0.234 e. The Morgan fingerprint density at radius 1 is 1.38 bits per heavy atom. The fourth-order valence-electron chi connectivity index (χ4n) is 3.86. The Hall–Kier alpha value is -2.15. The van der Waals surface area contributed by atoms with Crippen molar-refractivity contribution in [2.45, 2.75) is 44.2 Å². The van der Waals surface area contributed by atoms with Gasteiger partial charge < -0.3 is 15.4 Å². The van der Waals surface area contributed by atoms with E-state index in [4.69, 9.17) is 10.5 Å². The van der Waals surface area contributed by atoms with Crippen LogP contribution in [-0.4, -0.2) is 37.0 Å². The minimum absolute atomic E-state index is 0.0694. The first-order valence-corrected chi connectivity index (χ1v) is 8.31. The summed E-state index contributed by atoms with van der Waals surface area (Å²) in [6, 6.07) is 1.64. The van der Waals surface area contributed by atoms with Crippen LogP contribution in [0.1, 0.15) is 36.8 Å². The van der Waals surface area contributed by atoms with Crippen molar-refractivity contribution in [1.29, 1.82) is 0 Å². The lowest BCUT2D eigenvalue weighted by Gasteiger charge is -2.46. The summed E-state index contributed by atoms with van der Waals surface area (Å²) in [6.45, 7) is 3.13. The van der Waals surface area contributed by atoms with Gasteiger partial charge in [-0.3, -0.25) is 14.9 Å². The number of fused-ring (bicyclic) bond motifs is 1. The molecule has 3 heterocycles. The highest BCUT2D eigenvalue weighted by molar-refractivity contribution is 6.01. The Kier molecular flexibility index (Phi) is 3.49. The number of benzene rings is 1. The van der Waals surface area contributed by atoms with Crippen molar-refractivity contribution in [3.63, 3.8) is 0 Å². The van der Waals surface area contributed by atoms with E-state index in [9.17, 15) is 14.0 Å². The summed E-state index contributed by atoms with van der Waals surface area (Å²) < 4.78 is 20.7. The summed E-state index contributed by atoms with van der Waals surface area (Å²) >= 11 is 0. The molecule has 4 rings (SSSR count). The zero-order valence-corrected chi connectivity index (χ0v) is 13.5. The molecule has 0 saturated carbocycles. The average Bonchev–Trinajstić information content (AvgIpc) is 3.02. The van der Waals surface area contributed by atoms with Gasteiger partial charge in [0, 0.05) is 48.7 Å². The van der Waals surface area contributed by atoms with Crippen molar-refractivity contribution < 1.29 is 18.7 Å². The Bertz CT molecular complexity index is 736. The van der Waals surface area contributed by atoms with Gasteiger partial charge in [-0.05, 0) is 13.3 Å². The first kappa shape index (κ1) is 15.4. The lowest BCUT2D eigenvalue weighted by atomic mass is 9.85. The predicted molar refractivity (Wildman–Crippen MR) is 85.5 cm³/mol. The van der Waals surface area contributed by atoms with Gasteiger partial charge in [-0.2, -0.15) is 0 Å². The maximum Gasteiger partial charge on any atom is 0.234 e. The number of nitrogens with zero attached hydrogens (tertiary/aromatic N) is 1. The Morgan fingerprint density at radius 2 is 2.17 bits per heavy atom. The van der Waals surface area contributed by atoms with E-state index in [1.54, 1.807) is 0 Å². The number of carbonyl (C=O) groups is 2. The third kappa shape index (κ3) is 2.18. The molecule has 2 fully saturated rings. The van der Waals surface area contributed by atoms with Crippen LogP contribution in [0.5, 0.6) is 5.75 Å². The number of carbonyl (C=O) groups excluding carboxylic acids is 2. The second-order valence-electron chi connectivity index (χ2n) is 6.76. The molecule has 0 spiro atoms. The minimum Gasteiger partial charge on any atom is -0.491 e. The van der Waals surface area contributed by atoms with Crippen LogP contribution in [0.15, 0.2) is 6.07 Å². The number of piperidine rings is 1. The number of imide groups is 1. The van der Waals surface area contributed by atoms with Crippen LogP contribution < -0.4 is 20.7 Å². The molecule has 0 bridgehead atoms. The number of amides is 2. The molecule has 6 nitrogen and oxygen atoms in total. The summed E-state index contributed by atoms with van der Waals surface area (Å²) in [4.78, 5) is 25.6. The zero-order chi connectivity index (χ0) is 17.0. The van der Waals surface area contributed by atoms with E-state index in [-0.39, 0.29) is 24.4 Å². The molecule has 2 amide bonds. The van der Waals surface area contributed by atoms with Gasteiger partial charge in [0.05, 0.1) is 18.2 Å². The predicted octanol–water partition coefficient (Wildman–Crippen LogP) is 0.817. The number of ether oxygens (including phenoxy) is 1. The van der Waals surface area contributed by atoms with Gasteiger partial charge in [0.1, 0.15) is 11.6 Å². The minimum atomic E-state index is -0.636. The molecular weight excluding hydrogens is 313 g/mol. The third-order valence-electron chi connectivity index (χ3n) is 5.37. The fourth-order valence-corrected chi connectivity index (χ4v) is 3.86. The van der Waals surface area contributed by atoms with Gasteiger partial charge >= 0.3 is 0 Å². The number of rotatable bonds is 2. The van der Waals surface area contributed by atoms with Crippen molar-refractivity contribution >= 4 is 17.5 Å². The summed E-state index contributed by atoms with van der Waals surface area (Å²) in [5, 5.41) is 2.31. The highest BCUT2D eigenvalue weighted by atomic mass is 19.1. The van der Waals surface area contributed by atoms with E-state index >= 15 is 0 Å². The lowest BCUT2D eigenvalue weighted by molar-refractivity contribution is -0.134. The zero-order valence-electron chi connectivity index (χ0n) is 13.5. The van der Waals surface area contributed by atoms with Gasteiger partial charge in [0.2, 0.25) is 11.8 Å². The van der Waals surface area contributed by atoms with Crippen LogP contribution in [0, 0.1) is 5.82 Å². The largest absolute Gasteiger partial charge is 0.491 e. The maximum atomic E-state index is 14.9. The second kappa shape index (κ2) is 5.44. The molecule has 3 aliphatic rings. The molecule has 1 unspecified atom stereocenters. The molecule has 3 atom stereocenters. The number of hydrogen-bond donors (Lipinski definition) is 2. The lowest BCUT2D eigenvalue weighted by Crippen LogP contribution is -2.63. The molecule has 24 heavy (non-hydrogen) atoms. The molecule has 7 heteroatoms. The number of halogens is 1. The monoisotopic (exact) mass is 333 g/mol. The molecule has 1 aromatic rings. The van der Waals surface area contributed by atoms with Crippen LogP contribution >= 0.6 is 0 Å². The first-order chi connectivity index (χ1) is 11.5. The summed E-state index contributed by atoms with van der Waals surface area (Å²) in [5.74, 6) is -1.11. The topological polar surface area (TPSA) is 84.7 Å². The van der Waals surface area contributed by atoms with E-state index in [0.717, 1.165) is 5.56 Å². The fraction of sp³-hybridized carbons (Fsp3) is 0.529. The van der Waals surface area contributed by atoms with Crippen molar-refractivity contribution in [3.05, 3.63) is 23.0 Å². The molecule has 3 aliphatic heterocycles. The molecule has 2 saturated heterocycles. The number of nitrogens with two attached hydrogens (primary N) is 1. The van der Waals surface area contributed by atoms with Gasteiger partial charge in [-0.1, -0.05) is 0 Å². The number of nitrogens with one attached hydrogen (secondary N) is 1. The highest BCUT2D eigenvalue weighted by Crippen LogP contribution is 2.45. The van der Waals surface area contributed by atoms with Gasteiger partial charge in [0.15, 0.2) is 0 Å². The van der Waals surface area contributed by atoms with Crippen molar-refractivity contribution in [2.75, 3.05) is 18.1 Å². The quantitative estimate of drug-likeness (QED) is 0.783. The van der Waals surface area contributed by atoms with E-state index in [2.05, 4.69) is 5.32 Å². The molecule has 0 aromatic heterocycles. The average molecular weight is 333 g/mol. The molecule has 0 aliphatic carbocycles. The SMILES string of the molecule is C[C@@H]1[C@@H](N)CN1c1cc(F)c(C2CCC(=O)NC2=O)c2c1OCC2. The van der Waals surface area contributed by atoms with Crippen LogP contribution in [0.2, 0.25) is 0 Å². The Balaban J connectivity index is 1.76. The second-order valence-corrected chi connectivity index (χ2v) is 6.76. The van der Waals surface area contributed by atoms with Crippen LogP contribution in [0.25, 0.3) is 0 Å². The van der Waals surface area contributed by atoms with E-state index in [1.165, 1.54) is 6.07 Å². The van der Waals surface area contributed by atoms with E-state index in [0.29, 0.717) is 43.0 Å². The van der Waals surface area contributed by atoms with Crippen LogP contribution in [0.3, 0.4) is 0 Å². The normalized spacial score (nSPS) is 29.0.